The summed E-state index contributed by atoms with van der Waals surface area (Å²) in [4.78, 5) is 39.3. The van der Waals surface area contributed by atoms with E-state index in [1.54, 1.807) is 49.4 Å². The van der Waals surface area contributed by atoms with E-state index in [4.69, 9.17) is 4.74 Å². The number of rotatable bonds is 14. The van der Waals surface area contributed by atoms with Gasteiger partial charge < -0.3 is 15.0 Å². The van der Waals surface area contributed by atoms with E-state index in [1.165, 1.54) is 48.4 Å². The Morgan fingerprint density at radius 3 is 2.12 bits per heavy atom. The van der Waals surface area contributed by atoms with Crippen molar-refractivity contribution < 1.29 is 27.7 Å². The lowest BCUT2D eigenvalue weighted by Gasteiger charge is -2.33. The SMILES string of the molecule is CC[C@@H](C(=O)NCC(C)C)N(Cc1ccc(OC)cc1)C(=O)CN(c1ccc([N+](=O)[O-])cc1)S(=O)(=O)c1ccccc1. The van der Waals surface area contributed by atoms with Crippen LogP contribution in [0.15, 0.2) is 83.8 Å². The minimum absolute atomic E-state index is 0.0376. The molecule has 0 radical (unpaired) electrons. The quantitative estimate of drug-likeness (QED) is 0.215. The van der Waals surface area contributed by atoms with E-state index >= 15 is 0 Å². The second-order valence-electron chi connectivity index (χ2n) is 10.0. The Morgan fingerprint density at radius 1 is 0.976 bits per heavy atom. The van der Waals surface area contributed by atoms with Gasteiger partial charge in [-0.3, -0.25) is 24.0 Å². The van der Waals surface area contributed by atoms with Gasteiger partial charge in [-0.15, -0.1) is 0 Å². The van der Waals surface area contributed by atoms with Crippen LogP contribution < -0.4 is 14.4 Å². The first-order valence-electron chi connectivity index (χ1n) is 13.5. The van der Waals surface area contributed by atoms with Crippen LogP contribution in [0.3, 0.4) is 0 Å². The van der Waals surface area contributed by atoms with E-state index in [0.717, 1.165) is 4.31 Å². The first kappa shape index (κ1) is 32.1. The summed E-state index contributed by atoms with van der Waals surface area (Å²) in [5, 5.41) is 14.1. The molecule has 0 aliphatic rings. The minimum Gasteiger partial charge on any atom is -0.497 e. The average Bonchev–Trinajstić information content (AvgIpc) is 2.99. The van der Waals surface area contributed by atoms with E-state index in [-0.39, 0.29) is 41.1 Å². The third-order valence-corrected chi connectivity index (χ3v) is 8.33. The monoisotopic (exact) mass is 596 g/mol. The lowest BCUT2D eigenvalue weighted by atomic mass is 10.1. The Kier molecular flexibility index (Phi) is 11.0. The molecule has 0 bridgehead atoms. The number of ether oxygens (including phenoxy) is 1. The van der Waals surface area contributed by atoms with Gasteiger partial charge in [-0.05, 0) is 54.3 Å². The van der Waals surface area contributed by atoms with Crippen molar-refractivity contribution in [2.45, 2.75) is 44.7 Å². The number of benzene rings is 3. The van der Waals surface area contributed by atoms with Crippen LogP contribution in [-0.2, 0) is 26.2 Å². The molecule has 0 heterocycles. The molecule has 0 unspecified atom stereocenters. The zero-order chi connectivity index (χ0) is 30.9. The molecule has 0 aliphatic heterocycles. The summed E-state index contributed by atoms with van der Waals surface area (Å²) in [6, 6.07) is 18.7. The molecule has 0 saturated carbocycles. The van der Waals surface area contributed by atoms with Gasteiger partial charge in [0.2, 0.25) is 11.8 Å². The van der Waals surface area contributed by atoms with Crippen molar-refractivity contribution in [2.24, 2.45) is 5.92 Å². The second kappa shape index (κ2) is 14.4. The van der Waals surface area contributed by atoms with E-state index < -0.39 is 33.4 Å². The lowest BCUT2D eigenvalue weighted by Crippen LogP contribution is -2.52. The summed E-state index contributed by atoms with van der Waals surface area (Å²) in [7, 11) is -2.73. The highest BCUT2D eigenvalue weighted by atomic mass is 32.2. The van der Waals surface area contributed by atoms with E-state index in [0.29, 0.717) is 17.9 Å². The Hall–Kier alpha value is -4.45. The average molecular weight is 597 g/mol. The predicted molar refractivity (Wildman–Crippen MR) is 160 cm³/mol. The van der Waals surface area contributed by atoms with Gasteiger partial charge in [-0.2, -0.15) is 0 Å². The fourth-order valence-corrected chi connectivity index (χ4v) is 5.69. The van der Waals surface area contributed by atoms with Gasteiger partial charge in [0.25, 0.3) is 15.7 Å². The van der Waals surface area contributed by atoms with Crippen LogP contribution in [0.5, 0.6) is 5.75 Å². The Bertz CT molecular complexity index is 1460. The molecule has 12 heteroatoms. The van der Waals surface area contributed by atoms with E-state index in [1.807, 2.05) is 13.8 Å². The van der Waals surface area contributed by atoms with Gasteiger partial charge in [0.1, 0.15) is 18.3 Å². The van der Waals surface area contributed by atoms with Crippen molar-refractivity contribution in [3.63, 3.8) is 0 Å². The molecule has 3 aromatic carbocycles. The van der Waals surface area contributed by atoms with Crippen molar-refractivity contribution in [3.05, 3.63) is 94.5 Å². The number of hydrogen-bond acceptors (Lipinski definition) is 7. The third-order valence-electron chi connectivity index (χ3n) is 6.54. The lowest BCUT2D eigenvalue weighted by molar-refractivity contribution is -0.384. The second-order valence-corrected chi connectivity index (χ2v) is 11.9. The predicted octanol–water partition coefficient (Wildman–Crippen LogP) is 4.38. The third kappa shape index (κ3) is 8.06. The van der Waals surface area contributed by atoms with Crippen LogP contribution in [0.25, 0.3) is 0 Å². The number of nitro benzene ring substituents is 1. The van der Waals surface area contributed by atoms with E-state index in [9.17, 15) is 28.1 Å². The Labute approximate surface area is 246 Å². The molecule has 1 atom stereocenters. The fraction of sp³-hybridized carbons (Fsp3) is 0.333. The molecule has 224 valence electrons. The molecular weight excluding hydrogens is 560 g/mol. The normalized spacial score (nSPS) is 11.9. The zero-order valence-corrected chi connectivity index (χ0v) is 24.9. The molecule has 42 heavy (non-hydrogen) atoms. The Balaban J connectivity index is 2.05. The molecule has 3 rings (SSSR count). The number of hydrogen-bond donors (Lipinski definition) is 1. The molecule has 0 spiro atoms. The largest absolute Gasteiger partial charge is 0.497 e. The van der Waals surface area contributed by atoms with Crippen LogP contribution in [0.4, 0.5) is 11.4 Å². The van der Waals surface area contributed by atoms with Crippen LogP contribution in [0.1, 0.15) is 32.8 Å². The number of methoxy groups -OCH3 is 1. The number of nitro groups is 1. The smallest absolute Gasteiger partial charge is 0.269 e. The fourth-order valence-electron chi connectivity index (χ4n) is 4.26. The Morgan fingerprint density at radius 2 is 1.60 bits per heavy atom. The zero-order valence-electron chi connectivity index (χ0n) is 24.1. The highest BCUT2D eigenvalue weighted by Crippen LogP contribution is 2.27. The van der Waals surface area contributed by atoms with Crippen LogP contribution in [0.2, 0.25) is 0 Å². The molecule has 1 N–H and O–H groups in total. The van der Waals surface area contributed by atoms with Gasteiger partial charge in [0, 0.05) is 25.2 Å². The molecule has 0 aliphatic carbocycles. The van der Waals surface area contributed by atoms with Crippen LogP contribution in [0, 0.1) is 16.0 Å². The van der Waals surface area contributed by atoms with Gasteiger partial charge in [-0.25, -0.2) is 8.42 Å². The summed E-state index contributed by atoms with van der Waals surface area (Å²) in [6.45, 7) is 5.51. The maximum absolute atomic E-state index is 14.1. The number of carbonyl (C=O) groups excluding carboxylic acids is 2. The topological polar surface area (TPSA) is 139 Å². The molecule has 0 aromatic heterocycles. The maximum atomic E-state index is 14.1. The molecule has 0 saturated heterocycles. The van der Waals surface area contributed by atoms with Gasteiger partial charge >= 0.3 is 0 Å². The number of amides is 2. The number of nitrogens with zero attached hydrogens (tertiary/aromatic N) is 3. The van der Waals surface area contributed by atoms with Crippen molar-refractivity contribution in [2.75, 3.05) is 24.5 Å². The number of non-ortho nitro benzene ring substituents is 1. The first-order valence-corrected chi connectivity index (χ1v) is 14.9. The van der Waals surface area contributed by atoms with E-state index in [2.05, 4.69) is 5.32 Å². The molecule has 0 fully saturated rings. The molecule has 2 amide bonds. The van der Waals surface area contributed by atoms with Crippen molar-refractivity contribution in [1.29, 1.82) is 0 Å². The first-order chi connectivity index (χ1) is 20.0. The summed E-state index contributed by atoms with van der Waals surface area (Å²) >= 11 is 0. The van der Waals surface area contributed by atoms with Crippen molar-refractivity contribution in [3.8, 4) is 5.75 Å². The van der Waals surface area contributed by atoms with Crippen LogP contribution in [-0.4, -0.2) is 56.3 Å². The van der Waals surface area contributed by atoms with Crippen molar-refractivity contribution in [1.82, 2.24) is 10.2 Å². The molecular formula is C30H36N4O7S. The van der Waals surface area contributed by atoms with Gasteiger partial charge in [-0.1, -0.05) is 51.1 Å². The van der Waals surface area contributed by atoms with Crippen molar-refractivity contribution >= 4 is 33.2 Å². The number of anilines is 1. The minimum atomic E-state index is -4.27. The van der Waals surface area contributed by atoms with Crippen LogP contribution >= 0.6 is 0 Å². The molecule has 3 aromatic rings. The number of carbonyl (C=O) groups is 2. The molecule has 11 nitrogen and oxygen atoms in total. The van der Waals surface area contributed by atoms with Gasteiger partial charge in [0.05, 0.1) is 22.6 Å². The summed E-state index contributed by atoms with van der Waals surface area (Å²) in [6.07, 6.45) is 0.286. The highest BCUT2D eigenvalue weighted by Gasteiger charge is 2.33. The summed E-state index contributed by atoms with van der Waals surface area (Å²) < 4.78 is 33.8. The van der Waals surface area contributed by atoms with Gasteiger partial charge in [0.15, 0.2) is 0 Å². The highest BCUT2D eigenvalue weighted by molar-refractivity contribution is 7.92. The standard InChI is InChI=1S/C30H36N4O7S/c1-5-28(30(36)31-19-22(2)3)32(20-23-11-17-26(41-4)18-12-23)29(35)21-33(24-13-15-25(16-14-24)34(37)38)42(39,40)27-9-7-6-8-10-27/h6-18,22,28H,5,19-21H2,1-4H3,(H,31,36)/t28-/m0/s1. The number of nitrogens with one attached hydrogen (secondary N) is 1. The number of sulfonamides is 1. The summed E-state index contributed by atoms with van der Waals surface area (Å²) in [5.41, 5.74) is 0.558. The maximum Gasteiger partial charge on any atom is 0.269 e. The summed E-state index contributed by atoms with van der Waals surface area (Å²) in [5.74, 6) is -0.154.